The first-order valence-corrected chi connectivity index (χ1v) is 9.45. The van der Waals surface area contributed by atoms with Crippen molar-refractivity contribution in [2.75, 3.05) is 13.1 Å². The van der Waals surface area contributed by atoms with Gasteiger partial charge in [0.15, 0.2) is 0 Å². The Bertz CT molecular complexity index is 968. The summed E-state index contributed by atoms with van der Waals surface area (Å²) in [4.78, 5) is 57.4. The van der Waals surface area contributed by atoms with Gasteiger partial charge in [0.1, 0.15) is 0 Å². The molecule has 0 N–H and O–H groups in total. The van der Waals surface area contributed by atoms with Gasteiger partial charge in [-0.3, -0.25) is 14.4 Å². The molecule has 2 aliphatic heterocycles. The molecule has 1 fully saturated rings. The molecule has 0 aromatic heterocycles. The van der Waals surface area contributed by atoms with Crippen LogP contribution in [0.15, 0.2) is 54.6 Å². The fraction of sp³-hybridized carbons (Fsp3) is 0.273. The summed E-state index contributed by atoms with van der Waals surface area (Å²) in [6.07, 6.45) is 1.11. The highest BCUT2D eigenvalue weighted by Gasteiger charge is 2.45. The van der Waals surface area contributed by atoms with E-state index in [1.807, 2.05) is 6.07 Å². The zero-order chi connectivity index (χ0) is 20.6. The molecule has 2 aliphatic rings. The van der Waals surface area contributed by atoms with Gasteiger partial charge in [-0.25, -0.2) is 4.79 Å². The van der Waals surface area contributed by atoms with Crippen LogP contribution < -0.4 is 0 Å². The van der Waals surface area contributed by atoms with Crippen LogP contribution in [-0.2, 0) is 9.63 Å². The minimum absolute atomic E-state index is 0.155. The van der Waals surface area contributed by atoms with E-state index < -0.39 is 23.2 Å². The van der Waals surface area contributed by atoms with Crippen molar-refractivity contribution in [3.63, 3.8) is 0 Å². The number of amides is 3. The van der Waals surface area contributed by atoms with Gasteiger partial charge in [-0.05, 0) is 44.0 Å². The molecule has 29 heavy (non-hydrogen) atoms. The number of carbonyl (C=O) groups is 4. The molecule has 3 amide bonds. The van der Waals surface area contributed by atoms with Crippen LogP contribution in [-0.4, -0.2) is 46.7 Å². The van der Waals surface area contributed by atoms with Gasteiger partial charge in [-0.2, -0.15) is 0 Å². The number of carbonyl (C=O) groups excluding carboxylic acids is 4. The fourth-order valence-corrected chi connectivity index (χ4v) is 3.79. The predicted octanol–water partition coefficient (Wildman–Crippen LogP) is 2.68. The molecule has 2 heterocycles. The van der Waals surface area contributed by atoms with Gasteiger partial charge in [0.05, 0.1) is 16.5 Å². The lowest BCUT2D eigenvalue weighted by atomic mass is 9.82. The lowest BCUT2D eigenvalue weighted by Crippen LogP contribution is -2.50. The number of fused-ring (bicyclic) bond motifs is 1. The molecule has 1 saturated heterocycles. The lowest BCUT2D eigenvalue weighted by Gasteiger charge is -2.38. The molecule has 7 nitrogen and oxygen atoms in total. The number of piperidine rings is 1. The van der Waals surface area contributed by atoms with Gasteiger partial charge in [0.2, 0.25) is 0 Å². The zero-order valence-electron chi connectivity index (χ0n) is 16.0. The molecule has 2 aromatic carbocycles. The lowest BCUT2D eigenvalue weighted by molar-refractivity contribution is -0.182. The van der Waals surface area contributed by atoms with Crippen LogP contribution in [0.4, 0.5) is 0 Å². The maximum atomic E-state index is 12.9. The molecule has 4 rings (SSSR count). The summed E-state index contributed by atoms with van der Waals surface area (Å²) in [6, 6.07) is 15.2. The van der Waals surface area contributed by atoms with Crippen LogP contribution in [0.25, 0.3) is 0 Å². The first-order valence-electron chi connectivity index (χ1n) is 9.45. The second-order valence-corrected chi connectivity index (χ2v) is 7.59. The Kier molecular flexibility index (Phi) is 4.66. The molecule has 0 saturated carbocycles. The summed E-state index contributed by atoms with van der Waals surface area (Å²) >= 11 is 0. The van der Waals surface area contributed by atoms with Crippen molar-refractivity contribution < 1.29 is 24.0 Å². The smallest absolute Gasteiger partial charge is 0.338 e. The highest BCUT2D eigenvalue weighted by Crippen LogP contribution is 2.33. The second-order valence-electron chi connectivity index (χ2n) is 7.59. The largest absolute Gasteiger partial charge is 0.340 e. The number of hydrogen-bond acceptors (Lipinski definition) is 5. The third kappa shape index (κ3) is 3.29. The van der Waals surface area contributed by atoms with Crippen LogP contribution in [0, 0.1) is 5.41 Å². The summed E-state index contributed by atoms with van der Waals surface area (Å²) in [6.45, 7) is 2.38. The van der Waals surface area contributed by atoms with Gasteiger partial charge in [-0.15, -0.1) is 0 Å². The highest BCUT2D eigenvalue weighted by atomic mass is 16.7. The fourth-order valence-electron chi connectivity index (χ4n) is 3.79. The first-order chi connectivity index (χ1) is 13.9. The van der Waals surface area contributed by atoms with E-state index in [1.54, 1.807) is 48.2 Å². The number of rotatable bonds is 3. The number of hydrogen-bond donors (Lipinski definition) is 0. The van der Waals surface area contributed by atoms with Crippen molar-refractivity contribution in [3.05, 3.63) is 71.3 Å². The molecule has 2 aromatic rings. The van der Waals surface area contributed by atoms with Crippen molar-refractivity contribution in [1.29, 1.82) is 0 Å². The van der Waals surface area contributed by atoms with Gasteiger partial charge in [0.25, 0.3) is 17.7 Å². The molecule has 148 valence electrons. The Balaban J connectivity index is 1.49. The van der Waals surface area contributed by atoms with Crippen LogP contribution in [0.2, 0.25) is 0 Å². The van der Waals surface area contributed by atoms with Crippen molar-refractivity contribution in [2.24, 2.45) is 5.41 Å². The standard InChI is InChI=1S/C22H20N2O5/c1-22(12-7-13-23(14-22)18(25)15-8-3-2-4-9-15)21(28)29-24-19(26)16-10-5-6-11-17(16)20(24)27/h2-6,8-11H,7,12-14H2,1H3. The van der Waals surface area contributed by atoms with Crippen molar-refractivity contribution in [1.82, 2.24) is 9.96 Å². The maximum absolute atomic E-state index is 12.9. The van der Waals surface area contributed by atoms with Gasteiger partial charge in [-0.1, -0.05) is 35.4 Å². The molecule has 0 bridgehead atoms. The van der Waals surface area contributed by atoms with Crippen LogP contribution in [0.5, 0.6) is 0 Å². The molecule has 1 atom stereocenters. The zero-order valence-corrected chi connectivity index (χ0v) is 16.0. The van der Waals surface area contributed by atoms with E-state index in [0.717, 1.165) is 0 Å². The number of imide groups is 1. The number of nitrogens with zero attached hydrogens (tertiary/aromatic N) is 2. The third-order valence-corrected chi connectivity index (χ3v) is 5.43. The molecule has 0 spiro atoms. The van der Waals surface area contributed by atoms with E-state index >= 15 is 0 Å². The Labute approximate surface area is 167 Å². The van der Waals surface area contributed by atoms with E-state index in [0.29, 0.717) is 30.0 Å². The highest BCUT2D eigenvalue weighted by molar-refractivity contribution is 6.20. The summed E-state index contributed by atoms with van der Waals surface area (Å²) in [5, 5.41) is 0.524. The first kappa shape index (κ1) is 18.9. The van der Waals surface area contributed by atoms with E-state index in [1.165, 1.54) is 12.1 Å². The Morgan fingerprint density at radius 2 is 1.52 bits per heavy atom. The number of benzene rings is 2. The Hall–Kier alpha value is -3.48. The van der Waals surface area contributed by atoms with Crippen LogP contribution in [0.3, 0.4) is 0 Å². The van der Waals surface area contributed by atoms with E-state index in [4.69, 9.17) is 4.84 Å². The molecule has 0 radical (unpaired) electrons. The summed E-state index contributed by atoms with van der Waals surface area (Å²) in [5.74, 6) is -2.17. The summed E-state index contributed by atoms with van der Waals surface area (Å²) < 4.78 is 0. The van der Waals surface area contributed by atoms with Crippen LogP contribution >= 0.6 is 0 Å². The quantitative estimate of drug-likeness (QED) is 0.750. The summed E-state index contributed by atoms with van der Waals surface area (Å²) in [7, 11) is 0. The molecule has 0 aliphatic carbocycles. The molecule has 1 unspecified atom stereocenters. The minimum atomic E-state index is -1.02. The van der Waals surface area contributed by atoms with Gasteiger partial charge >= 0.3 is 5.97 Å². The molecule has 7 heteroatoms. The third-order valence-electron chi connectivity index (χ3n) is 5.43. The van der Waals surface area contributed by atoms with Crippen molar-refractivity contribution >= 4 is 23.7 Å². The topological polar surface area (TPSA) is 84.0 Å². The van der Waals surface area contributed by atoms with E-state index in [9.17, 15) is 19.2 Å². The van der Waals surface area contributed by atoms with Gasteiger partial charge < -0.3 is 9.74 Å². The maximum Gasteiger partial charge on any atom is 0.340 e. The SMILES string of the molecule is CC1(C(=O)ON2C(=O)c3ccccc3C2=O)CCCN(C(=O)c2ccccc2)C1. The number of likely N-dealkylation sites (tertiary alicyclic amines) is 1. The van der Waals surface area contributed by atoms with Crippen molar-refractivity contribution in [3.8, 4) is 0 Å². The van der Waals surface area contributed by atoms with E-state index in [2.05, 4.69) is 0 Å². The summed E-state index contributed by atoms with van der Waals surface area (Å²) in [5.41, 5.74) is -0.0525. The second kappa shape index (κ2) is 7.16. The molecular weight excluding hydrogens is 372 g/mol. The van der Waals surface area contributed by atoms with Gasteiger partial charge in [0, 0.05) is 18.7 Å². The van der Waals surface area contributed by atoms with Crippen molar-refractivity contribution in [2.45, 2.75) is 19.8 Å². The number of hydroxylamine groups is 2. The minimum Gasteiger partial charge on any atom is -0.338 e. The monoisotopic (exact) mass is 392 g/mol. The Morgan fingerprint density at radius 3 is 2.14 bits per heavy atom. The van der Waals surface area contributed by atoms with Crippen LogP contribution in [0.1, 0.15) is 50.8 Å². The average molecular weight is 392 g/mol. The average Bonchev–Trinajstić information content (AvgIpc) is 2.99. The normalized spacial score (nSPS) is 21.1. The Morgan fingerprint density at radius 1 is 0.931 bits per heavy atom. The molecular formula is C22H20N2O5. The van der Waals surface area contributed by atoms with E-state index in [-0.39, 0.29) is 23.6 Å². The predicted molar refractivity (Wildman–Crippen MR) is 103 cm³/mol.